The molecular weight excluding hydrogens is 228 g/mol. The summed E-state index contributed by atoms with van der Waals surface area (Å²) in [6, 6.07) is 0.185. The lowest BCUT2D eigenvalue weighted by Gasteiger charge is -2.49. The van der Waals surface area contributed by atoms with Gasteiger partial charge in [-0.2, -0.15) is 0 Å². The summed E-state index contributed by atoms with van der Waals surface area (Å²) in [5.74, 6) is 0. The standard InChI is InChI=1S/C14H28N2O2/c1-11(14(9-10-15)7-6-8-14)16(5)12(17)18-13(2,3)4/h11H,6-10,15H2,1-5H3. The molecule has 2 N–H and O–H groups in total. The largest absolute Gasteiger partial charge is 0.444 e. The number of hydrogen-bond donors (Lipinski definition) is 1. The number of hydrogen-bond acceptors (Lipinski definition) is 3. The van der Waals surface area contributed by atoms with Crippen molar-refractivity contribution in [3.05, 3.63) is 0 Å². The Balaban J connectivity index is 2.65. The highest BCUT2D eigenvalue weighted by Gasteiger charge is 2.44. The van der Waals surface area contributed by atoms with Crippen molar-refractivity contribution in [2.45, 2.75) is 65.0 Å². The van der Waals surface area contributed by atoms with Crippen LogP contribution in [0, 0.1) is 5.41 Å². The minimum Gasteiger partial charge on any atom is -0.444 e. The van der Waals surface area contributed by atoms with Crippen LogP contribution in [0.15, 0.2) is 0 Å². The first-order chi connectivity index (χ1) is 8.22. The molecule has 0 radical (unpaired) electrons. The van der Waals surface area contributed by atoms with Crippen molar-refractivity contribution in [2.24, 2.45) is 11.1 Å². The highest BCUT2D eigenvalue weighted by molar-refractivity contribution is 5.68. The van der Waals surface area contributed by atoms with Crippen molar-refractivity contribution in [1.82, 2.24) is 4.90 Å². The topological polar surface area (TPSA) is 55.6 Å². The van der Waals surface area contributed by atoms with Crippen LogP contribution in [0.3, 0.4) is 0 Å². The first-order valence-electron chi connectivity index (χ1n) is 6.88. The van der Waals surface area contributed by atoms with E-state index in [0.29, 0.717) is 6.54 Å². The molecule has 0 aromatic heterocycles. The maximum Gasteiger partial charge on any atom is 0.410 e. The third-order valence-corrected chi connectivity index (χ3v) is 4.14. The van der Waals surface area contributed by atoms with E-state index in [1.165, 1.54) is 19.3 Å². The van der Waals surface area contributed by atoms with Gasteiger partial charge in [-0.1, -0.05) is 6.42 Å². The van der Waals surface area contributed by atoms with Crippen molar-refractivity contribution in [3.63, 3.8) is 0 Å². The van der Waals surface area contributed by atoms with E-state index in [1.807, 2.05) is 27.8 Å². The normalized spacial score (nSPS) is 19.9. The van der Waals surface area contributed by atoms with Crippen LogP contribution in [-0.4, -0.2) is 36.2 Å². The van der Waals surface area contributed by atoms with E-state index in [2.05, 4.69) is 6.92 Å². The molecule has 18 heavy (non-hydrogen) atoms. The molecule has 1 atom stereocenters. The predicted octanol–water partition coefficient (Wildman–Crippen LogP) is 2.76. The maximum absolute atomic E-state index is 12.1. The van der Waals surface area contributed by atoms with E-state index in [-0.39, 0.29) is 17.6 Å². The fourth-order valence-electron chi connectivity index (χ4n) is 2.70. The molecule has 1 aliphatic carbocycles. The lowest BCUT2D eigenvalue weighted by molar-refractivity contribution is -0.0171. The highest BCUT2D eigenvalue weighted by atomic mass is 16.6. The van der Waals surface area contributed by atoms with Crippen LogP contribution in [-0.2, 0) is 4.74 Å². The SMILES string of the molecule is CC(N(C)C(=O)OC(C)(C)C)C1(CCN)CCC1. The van der Waals surface area contributed by atoms with Crippen LogP contribution < -0.4 is 5.73 Å². The zero-order valence-electron chi connectivity index (χ0n) is 12.5. The molecule has 4 nitrogen and oxygen atoms in total. The Bertz CT molecular complexity index is 293. The van der Waals surface area contributed by atoms with Crippen LogP contribution in [0.2, 0.25) is 0 Å². The van der Waals surface area contributed by atoms with E-state index in [4.69, 9.17) is 10.5 Å². The predicted molar refractivity (Wildman–Crippen MR) is 73.4 cm³/mol. The van der Waals surface area contributed by atoms with E-state index in [0.717, 1.165) is 6.42 Å². The van der Waals surface area contributed by atoms with Gasteiger partial charge >= 0.3 is 6.09 Å². The lowest BCUT2D eigenvalue weighted by Crippen LogP contribution is -2.52. The Hall–Kier alpha value is -0.770. The molecule has 0 aromatic carbocycles. The van der Waals surface area contributed by atoms with Crippen molar-refractivity contribution in [2.75, 3.05) is 13.6 Å². The fourth-order valence-corrected chi connectivity index (χ4v) is 2.70. The molecule has 1 saturated carbocycles. The van der Waals surface area contributed by atoms with Gasteiger partial charge in [-0.3, -0.25) is 0 Å². The van der Waals surface area contributed by atoms with Crippen molar-refractivity contribution >= 4 is 6.09 Å². The van der Waals surface area contributed by atoms with Crippen LogP contribution in [0.4, 0.5) is 4.79 Å². The maximum atomic E-state index is 12.1. The molecule has 1 amide bonds. The summed E-state index contributed by atoms with van der Waals surface area (Å²) in [6.45, 7) is 8.47. The molecule has 106 valence electrons. The Kier molecular flexibility index (Phi) is 4.65. The number of nitrogens with two attached hydrogens (primary N) is 1. The molecule has 0 aromatic rings. The molecule has 1 unspecified atom stereocenters. The third-order valence-electron chi connectivity index (χ3n) is 4.14. The Labute approximate surface area is 111 Å². The number of amides is 1. The minimum absolute atomic E-state index is 0.185. The minimum atomic E-state index is -0.439. The summed E-state index contributed by atoms with van der Waals surface area (Å²) >= 11 is 0. The third kappa shape index (κ3) is 3.37. The summed E-state index contributed by atoms with van der Waals surface area (Å²) < 4.78 is 5.42. The molecule has 0 aliphatic heterocycles. The van der Waals surface area contributed by atoms with Gasteiger partial charge in [0.2, 0.25) is 0 Å². The second kappa shape index (κ2) is 5.47. The zero-order chi connectivity index (χ0) is 14.0. The molecule has 0 spiro atoms. The Morgan fingerprint density at radius 3 is 2.33 bits per heavy atom. The zero-order valence-corrected chi connectivity index (χ0v) is 12.5. The molecular formula is C14H28N2O2. The Morgan fingerprint density at radius 1 is 1.44 bits per heavy atom. The van der Waals surface area contributed by atoms with Crippen LogP contribution in [0.1, 0.15) is 53.4 Å². The van der Waals surface area contributed by atoms with Crippen LogP contribution in [0.5, 0.6) is 0 Å². The van der Waals surface area contributed by atoms with Gasteiger partial charge in [-0.25, -0.2) is 4.79 Å². The quantitative estimate of drug-likeness (QED) is 0.841. The fraction of sp³-hybridized carbons (Fsp3) is 0.929. The average Bonchev–Trinajstić information content (AvgIpc) is 2.18. The summed E-state index contributed by atoms with van der Waals surface area (Å²) in [5.41, 5.74) is 5.48. The summed E-state index contributed by atoms with van der Waals surface area (Å²) in [6.07, 6.45) is 4.32. The molecule has 0 heterocycles. The van der Waals surface area contributed by atoms with E-state index in [1.54, 1.807) is 4.90 Å². The summed E-state index contributed by atoms with van der Waals surface area (Å²) in [4.78, 5) is 13.8. The molecule has 1 rings (SSSR count). The van der Waals surface area contributed by atoms with E-state index in [9.17, 15) is 4.79 Å². The van der Waals surface area contributed by atoms with E-state index < -0.39 is 5.60 Å². The first-order valence-corrected chi connectivity index (χ1v) is 6.88. The molecule has 1 aliphatic rings. The van der Waals surface area contributed by atoms with Gasteiger partial charge in [0, 0.05) is 13.1 Å². The van der Waals surface area contributed by atoms with Crippen molar-refractivity contribution in [3.8, 4) is 0 Å². The van der Waals surface area contributed by atoms with Gasteiger partial charge in [0.05, 0.1) is 0 Å². The number of rotatable bonds is 4. The second-order valence-corrected chi connectivity index (χ2v) is 6.52. The van der Waals surface area contributed by atoms with Crippen molar-refractivity contribution in [1.29, 1.82) is 0 Å². The smallest absolute Gasteiger partial charge is 0.410 e. The van der Waals surface area contributed by atoms with Gasteiger partial charge in [0.25, 0.3) is 0 Å². The summed E-state index contributed by atoms with van der Waals surface area (Å²) in [7, 11) is 1.83. The van der Waals surface area contributed by atoms with Gasteiger partial charge in [0.1, 0.15) is 5.60 Å². The van der Waals surface area contributed by atoms with Gasteiger partial charge in [-0.05, 0) is 58.9 Å². The monoisotopic (exact) mass is 256 g/mol. The summed E-state index contributed by atoms with van der Waals surface area (Å²) in [5, 5.41) is 0. The lowest BCUT2D eigenvalue weighted by atomic mass is 9.62. The number of carbonyl (C=O) groups is 1. The number of carbonyl (C=O) groups excluding carboxylic acids is 1. The van der Waals surface area contributed by atoms with Gasteiger partial charge in [0.15, 0.2) is 0 Å². The van der Waals surface area contributed by atoms with Crippen LogP contribution in [0.25, 0.3) is 0 Å². The second-order valence-electron chi connectivity index (χ2n) is 6.52. The molecule has 0 bridgehead atoms. The Morgan fingerprint density at radius 2 is 2.00 bits per heavy atom. The number of nitrogens with zero attached hydrogens (tertiary/aromatic N) is 1. The average molecular weight is 256 g/mol. The van der Waals surface area contributed by atoms with Crippen molar-refractivity contribution < 1.29 is 9.53 Å². The van der Waals surface area contributed by atoms with Crippen LogP contribution >= 0.6 is 0 Å². The highest BCUT2D eigenvalue weighted by Crippen LogP contribution is 2.48. The molecule has 4 heteroatoms. The van der Waals surface area contributed by atoms with Gasteiger partial charge < -0.3 is 15.4 Å². The number of ether oxygens (including phenoxy) is 1. The van der Waals surface area contributed by atoms with E-state index >= 15 is 0 Å². The first kappa shape index (κ1) is 15.3. The molecule has 0 saturated heterocycles. The van der Waals surface area contributed by atoms with Gasteiger partial charge in [-0.15, -0.1) is 0 Å². The molecule has 1 fully saturated rings.